The summed E-state index contributed by atoms with van der Waals surface area (Å²) in [4.78, 5) is 4.33. The number of anilines is 1. The molecule has 1 fully saturated rings. The average Bonchev–Trinajstić information content (AvgIpc) is 2.85. The minimum atomic E-state index is -3.15. The molecule has 1 saturated heterocycles. The number of nitrogens with zero attached hydrogens (tertiary/aromatic N) is 5. The molecule has 3 heterocycles. The summed E-state index contributed by atoms with van der Waals surface area (Å²) in [6.45, 7) is 5.10. The molecule has 2 aromatic rings. The molecule has 0 radical (unpaired) electrons. The first-order valence-electron chi connectivity index (χ1n) is 8.88. The first-order valence-corrected chi connectivity index (χ1v) is 11.1. The van der Waals surface area contributed by atoms with E-state index in [9.17, 15) is 13.7 Å². The minimum absolute atomic E-state index is 0.0930. The van der Waals surface area contributed by atoms with E-state index in [0.717, 1.165) is 5.69 Å². The first-order chi connectivity index (χ1) is 12.7. The predicted molar refractivity (Wildman–Crippen MR) is 104 cm³/mol. The second kappa shape index (κ2) is 7.62. The van der Waals surface area contributed by atoms with Crippen molar-refractivity contribution in [3.05, 3.63) is 22.5 Å². The van der Waals surface area contributed by atoms with E-state index in [2.05, 4.69) is 35.3 Å². The van der Waals surface area contributed by atoms with Crippen LogP contribution in [0.25, 0.3) is 5.52 Å². The molecule has 146 valence electrons. The molecule has 0 atom stereocenters. The third-order valence-corrected chi connectivity index (χ3v) is 6.38. The highest BCUT2D eigenvalue weighted by molar-refractivity contribution is 7.88. The van der Waals surface area contributed by atoms with Crippen molar-refractivity contribution in [3.63, 3.8) is 0 Å². The van der Waals surface area contributed by atoms with Crippen LogP contribution < -0.4 is 5.32 Å². The van der Waals surface area contributed by atoms with Gasteiger partial charge in [-0.1, -0.05) is 25.4 Å². The molecule has 1 N–H and O–H groups in total. The van der Waals surface area contributed by atoms with Crippen LogP contribution in [0.1, 0.15) is 37.9 Å². The van der Waals surface area contributed by atoms with E-state index in [1.807, 2.05) is 0 Å². The van der Waals surface area contributed by atoms with Crippen molar-refractivity contribution in [1.29, 1.82) is 5.26 Å². The summed E-state index contributed by atoms with van der Waals surface area (Å²) in [5, 5.41) is 17.7. The summed E-state index contributed by atoms with van der Waals surface area (Å²) in [5.74, 6) is 0.791. The maximum Gasteiger partial charge on any atom is 0.241 e. The summed E-state index contributed by atoms with van der Waals surface area (Å²) in [7, 11) is -3.15. The van der Waals surface area contributed by atoms with E-state index >= 15 is 0 Å². The van der Waals surface area contributed by atoms with Crippen molar-refractivity contribution in [2.24, 2.45) is 5.92 Å². The zero-order chi connectivity index (χ0) is 19.8. The van der Waals surface area contributed by atoms with Gasteiger partial charge in [-0.15, -0.1) is 5.10 Å². The summed E-state index contributed by atoms with van der Waals surface area (Å²) in [6.07, 6.45) is 4.90. The summed E-state index contributed by atoms with van der Waals surface area (Å²) >= 11 is 6.34. The van der Waals surface area contributed by atoms with E-state index in [1.54, 1.807) is 10.7 Å². The molecule has 0 bridgehead atoms. The Morgan fingerprint density at radius 2 is 2.07 bits per heavy atom. The number of aromatic nitrogens is 3. The lowest BCUT2D eigenvalue weighted by Gasteiger charge is -2.30. The Morgan fingerprint density at radius 3 is 2.63 bits per heavy atom. The SMILES string of the molecule is CC(C)Cc1c(C#N)c(Cl)c2cnc(NC3CCN(S(C)(=O)=O)CC3)nn12. The maximum atomic E-state index is 11.6. The molecular weight excluding hydrogens is 388 g/mol. The first kappa shape index (κ1) is 19.9. The van der Waals surface area contributed by atoms with Gasteiger partial charge in [-0.25, -0.2) is 22.2 Å². The van der Waals surface area contributed by atoms with Gasteiger partial charge in [-0.3, -0.25) is 0 Å². The summed E-state index contributed by atoms with van der Waals surface area (Å²) in [6, 6.07) is 2.27. The molecule has 2 aromatic heterocycles. The lowest BCUT2D eigenvalue weighted by Crippen LogP contribution is -2.42. The number of hydrogen-bond acceptors (Lipinski definition) is 6. The van der Waals surface area contributed by atoms with Crippen molar-refractivity contribution >= 4 is 33.1 Å². The Hall–Kier alpha value is -1.89. The Kier molecular flexibility index (Phi) is 5.60. The zero-order valence-electron chi connectivity index (χ0n) is 15.6. The smallest absolute Gasteiger partial charge is 0.241 e. The number of fused-ring (bicyclic) bond motifs is 1. The molecule has 10 heteroatoms. The van der Waals surface area contributed by atoms with Gasteiger partial charge in [0.15, 0.2) is 0 Å². The fraction of sp³-hybridized carbons (Fsp3) is 0.588. The van der Waals surface area contributed by atoms with Crippen molar-refractivity contribution in [2.75, 3.05) is 24.7 Å². The van der Waals surface area contributed by atoms with Crippen molar-refractivity contribution in [2.45, 2.75) is 39.2 Å². The van der Waals surface area contributed by atoms with Crippen LogP contribution in [0.3, 0.4) is 0 Å². The molecule has 27 heavy (non-hydrogen) atoms. The fourth-order valence-electron chi connectivity index (χ4n) is 3.34. The van der Waals surface area contributed by atoms with Gasteiger partial charge in [-0.2, -0.15) is 5.26 Å². The molecule has 0 aliphatic carbocycles. The van der Waals surface area contributed by atoms with Gasteiger partial charge in [0.2, 0.25) is 16.0 Å². The Labute approximate surface area is 164 Å². The van der Waals surface area contributed by atoms with Crippen LogP contribution in [0.2, 0.25) is 5.02 Å². The van der Waals surface area contributed by atoms with Crippen LogP contribution in [-0.4, -0.2) is 52.7 Å². The van der Waals surface area contributed by atoms with E-state index < -0.39 is 10.0 Å². The topological polar surface area (TPSA) is 103 Å². The van der Waals surface area contributed by atoms with E-state index in [1.165, 1.54) is 10.6 Å². The van der Waals surface area contributed by atoms with Crippen LogP contribution in [0.5, 0.6) is 0 Å². The number of rotatable bonds is 5. The van der Waals surface area contributed by atoms with Gasteiger partial charge in [0.1, 0.15) is 11.6 Å². The quantitative estimate of drug-likeness (QED) is 0.810. The Bertz CT molecular complexity index is 987. The Balaban J connectivity index is 1.84. The van der Waals surface area contributed by atoms with Gasteiger partial charge in [-0.05, 0) is 25.2 Å². The van der Waals surface area contributed by atoms with Crippen LogP contribution in [0, 0.1) is 17.2 Å². The lowest BCUT2D eigenvalue weighted by atomic mass is 10.1. The highest BCUT2D eigenvalue weighted by atomic mass is 35.5. The second-order valence-electron chi connectivity index (χ2n) is 7.30. The fourth-order valence-corrected chi connectivity index (χ4v) is 4.49. The van der Waals surface area contributed by atoms with E-state index in [0.29, 0.717) is 60.3 Å². The molecular formula is C17H23ClN6O2S. The van der Waals surface area contributed by atoms with Gasteiger partial charge < -0.3 is 5.32 Å². The van der Waals surface area contributed by atoms with Crippen LogP contribution >= 0.6 is 11.6 Å². The molecule has 0 aromatic carbocycles. The Morgan fingerprint density at radius 1 is 1.41 bits per heavy atom. The van der Waals surface area contributed by atoms with Crippen molar-refractivity contribution in [1.82, 2.24) is 18.9 Å². The average molecular weight is 411 g/mol. The van der Waals surface area contributed by atoms with Crippen molar-refractivity contribution in [3.8, 4) is 6.07 Å². The zero-order valence-corrected chi connectivity index (χ0v) is 17.2. The maximum absolute atomic E-state index is 11.6. The van der Waals surface area contributed by atoms with Gasteiger partial charge in [0, 0.05) is 19.1 Å². The molecule has 0 saturated carbocycles. The van der Waals surface area contributed by atoms with Crippen LogP contribution in [0.4, 0.5) is 5.95 Å². The number of nitrogens with one attached hydrogen (secondary N) is 1. The molecule has 1 aliphatic rings. The standard InChI is InChI=1S/C17H23ClN6O2S/c1-11(2)8-14-13(9-19)16(18)15-10-20-17(22-24(14)15)21-12-4-6-23(7-5-12)27(3,25)26/h10-12H,4-8H2,1-3H3,(H,21,22). The molecule has 3 rings (SSSR count). The van der Waals surface area contributed by atoms with Gasteiger partial charge in [0.25, 0.3) is 0 Å². The number of piperidine rings is 1. The van der Waals surface area contributed by atoms with Crippen LogP contribution in [-0.2, 0) is 16.4 Å². The summed E-state index contributed by atoms with van der Waals surface area (Å²) < 4.78 is 26.4. The highest BCUT2D eigenvalue weighted by Gasteiger charge is 2.26. The van der Waals surface area contributed by atoms with E-state index in [4.69, 9.17) is 11.6 Å². The molecule has 0 spiro atoms. The largest absolute Gasteiger partial charge is 0.350 e. The summed E-state index contributed by atoms with van der Waals surface area (Å²) in [5.41, 5.74) is 1.84. The lowest BCUT2D eigenvalue weighted by molar-refractivity contribution is 0.331. The van der Waals surface area contributed by atoms with Crippen molar-refractivity contribution < 1.29 is 8.42 Å². The van der Waals surface area contributed by atoms with Gasteiger partial charge >= 0.3 is 0 Å². The third kappa shape index (κ3) is 4.18. The molecule has 1 aliphatic heterocycles. The second-order valence-corrected chi connectivity index (χ2v) is 9.67. The number of hydrogen-bond donors (Lipinski definition) is 1. The monoisotopic (exact) mass is 410 g/mol. The normalized spacial score (nSPS) is 16.7. The van der Waals surface area contributed by atoms with Gasteiger partial charge in [0.05, 0.1) is 28.7 Å². The number of sulfonamides is 1. The number of halogens is 1. The van der Waals surface area contributed by atoms with E-state index in [-0.39, 0.29) is 6.04 Å². The minimum Gasteiger partial charge on any atom is -0.350 e. The van der Waals surface area contributed by atoms with Crippen LogP contribution in [0.15, 0.2) is 6.20 Å². The predicted octanol–water partition coefficient (Wildman–Crippen LogP) is 2.29. The molecule has 0 unspecified atom stereocenters. The number of nitriles is 1. The molecule has 8 nitrogen and oxygen atoms in total. The highest BCUT2D eigenvalue weighted by Crippen LogP contribution is 2.29. The third-order valence-electron chi connectivity index (χ3n) is 4.69. The molecule has 0 amide bonds.